The second-order valence-electron chi connectivity index (χ2n) is 4.95. The van der Waals surface area contributed by atoms with Gasteiger partial charge in [-0.2, -0.15) is 0 Å². The van der Waals surface area contributed by atoms with Crippen LogP contribution in [0.3, 0.4) is 0 Å². The second-order valence-corrected chi connectivity index (χ2v) is 4.95. The van der Waals surface area contributed by atoms with Crippen LogP contribution in [0.5, 0.6) is 17.2 Å². The van der Waals surface area contributed by atoms with Crippen LogP contribution in [0.15, 0.2) is 48.0 Å². The van der Waals surface area contributed by atoms with E-state index < -0.39 is 0 Å². The van der Waals surface area contributed by atoms with Crippen LogP contribution in [-0.4, -0.2) is 20.2 Å². The fourth-order valence-electron chi connectivity index (χ4n) is 2.43. The van der Waals surface area contributed by atoms with Gasteiger partial charge in [-0.25, -0.2) is 4.79 Å². The minimum atomic E-state index is -0.342. The number of fused-ring (bicyclic) bond motifs is 2. The first-order chi connectivity index (χ1) is 10.7. The maximum Gasteiger partial charge on any atom is 0.334 e. The zero-order chi connectivity index (χ0) is 15.5. The number of benzene rings is 2. The SMILES string of the molecule is COC(=O)/C1=C/c2cc(OC)ccc2Oc2ccccc2C1. The Bertz CT molecular complexity index is 747. The Morgan fingerprint density at radius 1 is 1.09 bits per heavy atom. The average Bonchev–Trinajstić information content (AvgIpc) is 2.54. The maximum absolute atomic E-state index is 12.0. The van der Waals surface area contributed by atoms with Crippen molar-refractivity contribution in [2.75, 3.05) is 14.2 Å². The van der Waals surface area contributed by atoms with Gasteiger partial charge in [-0.3, -0.25) is 0 Å². The van der Waals surface area contributed by atoms with E-state index >= 15 is 0 Å². The van der Waals surface area contributed by atoms with Gasteiger partial charge in [-0.15, -0.1) is 0 Å². The molecule has 0 fully saturated rings. The number of methoxy groups -OCH3 is 2. The van der Waals surface area contributed by atoms with Gasteiger partial charge in [0.1, 0.15) is 17.2 Å². The van der Waals surface area contributed by atoms with Crippen LogP contribution < -0.4 is 9.47 Å². The second kappa shape index (κ2) is 5.93. The summed E-state index contributed by atoms with van der Waals surface area (Å²) < 4.78 is 16.1. The third-order valence-electron chi connectivity index (χ3n) is 3.57. The molecule has 0 spiro atoms. The molecular formula is C18H16O4. The van der Waals surface area contributed by atoms with Gasteiger partial charge in [-0.05, 0) is 35.9 Å². The van der Waals surface area contributed by atoms with Crippen molar-refractivity contribution in [3.63, 3.8) is 0 Å². The monoisotopic (exact) mass is 296 g/mol. The summed E-state index contributed by atoms with van der Waals surface area (Å²) in [6, 6.07) is 13.2. The van der Waals surface area contributed by atoms with E-state index in [9.17, 15) is 4.79 Å². The smallest absolute Gasteiger partial charge is 0.334 e. The molecule has 0 amide bonds. The minimum absolute atomic E-state index is 0.342. The van der Waals surface area contributed by atoms with E-state index in [0.29, 0.717) is 23.5 Å². The Hall–Kier alpha value is -2.75. The summed E-state index contributed by atoms with van der Waals surface area (Å²) in [7, 11) is 2.99. The lowest BCUT2D eigenvalue weighted by Crippen LogP contribution is -2.09. The number of rotatable bonds is 2. The molecule has 0 bridgehead atoms. The summed E-state index contributed by atoms with van der Waals surface area (Å²) in [6.45, 7) is 0. The lowest BCUT2D eigenvalue weighted by atomic mass is 9.99. The van der Waals surface area contributed by atoms with Crippen molar-refractivity contribution in [2.45, 2.75) is 6.42 Å². The van der Waals surface area contributed by atoms with Crippen molar-refractivity contribution in [3.8, 4) is 17.2 Å². The lowest BCUT2D eigenvalue weighted by Gasteiger charge is -2.18. The van der Waals surface area contributed by atoms with Gasteiger partial charge in [0, 0.05) is 17.6 Å². The lowest BCUT2D eigenvalue weighted by molar-refractivity contribution is -0.136. The average molecular weight is 296 g/mol. The summed E-state index contributed by atoms with van der Waals surface area (Å²) in [5, 5.41) is 0. The van der Waals surface area contributed by atoms with Crippen LogP contribution in [0.2, 0.25) is 0 Å². The number of esters is 1. The molecule has 112 valence electrons. The van der Waals surface area contributed by atoms with Gasteiger partial charge in [0.05, 0.1) is 14.2 Å². The Morgan fingerprint density at radius 3 is 2.68 bits per heavy atom. The Kier molecular flexibility index (Phi) is 3.83. The zero-order valence-corrected chi connectivity index (χ0v) is 12.5. The van der Waals surface area contributed by atoms with Gasteiger partial charge in [-0.1, -0.05) is 18.2 Å². The molecule has 0 saturated carbocycles. The molecule has 3 rings (SSSR count). The third-order valence-corrected chi connectivity index (χ3v) is 3.57. The highest BCUT2D eigenvalue weighted by molar-refractivity contribution is 5.95. The normalized spacial score (nSPS) is 15.1. The quantitative estimate of drug-likeness (QED) is 0.794. The van der Waals surface area contributed by atoms with Crippen LogP contribution in [0.4, 0.5) is 0 Å². The van der Waals surface area contributed by atoms with Crippen molar-refractivity contribution in [3.05, 3.63) is 59.2 Å². The first-order valence-electron chi connectivity index (χ1n) is 6.94. The van der Waals surface area contributed by atoms with E-state index in [1.54, 1.807) is 13.2 Å². The number of carbonyl (C=O) groups is 1. The molecule has 0 unspecified atom stereocenters. The number of hydrogen-bond acceptors (Lipinski definition) is 4. The molecule has 22 heavy (non-hydrogen) atoms. The van der Waals surface area contributed by atoms with Crippen LogP contribution >= 0.6 is 0 Å². The van der Waals surface area contributed by atoms with E-state index in [4.69, 9.17) is 14.2 Å². The van der Waals surface area contributed by atoms with Crippen molar-refractivity contribution in [1.82, 2.24) is 0 Å². The Morgan fingerprint density at radius 2 is 1.91 bits per heavy atom. The predicted molar refractivity (Wildman–Crippen MR) is 83.2 cm³/mol. The fraction of sp³-hybridized carbons (Fsp3) is 0.167. The Labute approximate surface area is 128 Å². The summed E-state index contributed by atoms with van der Waals surface area (Å²) in [6.07, 6.45) is 2.25. The topological polar surface area (TPSA) is 44.8 Å². The summed E-state index contributed by atoms with van der Waals surface area (Å²) in [4.78, 5) is 12.0. The highest BCUT2D eigenvalue weighted by atomic mass is 16.5. The van der Waals surface area contributed by atoms with Gasteiger partial charge in [0.15, 0.2) is 0 Å². The summed E-state index contributed by atoms with van der Waals surface area (Å²) in [5.74, 6) is 1.78. The van der Waals surface area contributed by atoms with Crippen molar-refractivity contribution in [1.29, 1.82) is 0 Å². The van der Waals surface area contributed by atoms with Crippen LogP contribution in [0, 0.1) is 0 Å². The molecule has 1 aliphatic heterocycles. The third kappa shape index (κ3) is 2.68. The Balaban J connectivity index is 2.17. The molecule has 2 aromatic carbocycles. The molecule has 4 nitrogen and oxygen atoms in total. The standard InChI is InChI=1S/C18H16O4/c1-20-15-7-8-17-13(11-15)10-14(18(19)21-2)9-12-5-3-4-6-16(12)22-17/h3-8,10-11H,9H2,1-2H3/b14-10+. The molecule has 4 heteroatoms. The molecule has 0 saturated heterocycles. The van der Waals surface area contributed by atoms with Crippen LogP contribution in [0.25, 0.3) is 6.08 Å². The molecular weight excluding hydrogens is 280 g/mol. The molecule has 0 aromatic heterocycles. The first-order valence-corrected chi connectivity index (χ1v) is 6.94. The van der Waals surface area contributed by atoms with Crippen LogP contribution in [-0.2, 0) is 16.0 Å². The van der Waals surface area contributed by atoms with E-state index in [1.807, 2.05) is 42.5 Å². The first kappa shape index (κ1) is 14.2. The number of ether oxygens (including phenoxy) is 3. The summed E-state index contributed by atoms with van der Waals surface area (Å²) in [5.41, 5.74) is 2.31. The molecule has 0 aliphatic carbocycles. The highest BCUT2D eigenvalue weighted by Gasteiger charge is 2.18. The highest BCUT2D eigenvalue weighted by Crippen LogP contribution is 2.35. The van der Waals surface area contributed by atoms with Crippen molar-refractivity contribution in [2.24, 2.45) is 0 Å². The molecule has 1 heterocycles. The fourth-order valence-corrected chi connectivity index (χ4v) is 2.43. The molecule has 0 atom stereocenters. The van der Waals surface area contributed by atoms with E-state index in [-0.39, 0.29) is 5.97 Å². The summed E-state index contributed by atoms with van der Waals surface area (Å²) >= 11 is 0. The number of hydrogen-bond donors (Lipinski definition) is 0. The van der Waals surface area contributed by atoms with Crippen LogP contribution in [0.1, 0.15) is 11.1 Å². The predicted octanol–water partition coefficient (Wildman–Crippen LogP) is 3.60. The molecule has 1 aliphatic rings. The van der Waals surface area contributed by atoms with E-state index in [0.717, 1.165) is 16.9 Å². The van der Waals surface area contributed by atoms with E-state index in [2.05, 4.69) is 0 Å². The number of para-hydroxylation sites is 1. The maximum atomic E-state index is 12.0. The van der Waals surface area contributed by atoms with Gasteiger partial charge < -0.3 is 14.2 Å². The largest absolute Gasteiger partial charge is 0.497 e. The van der Waals surface area contributed by atoms with Gasteiger partial charge in [0.2, 0.25) is 0 Å². The molecule has 2 aromatic rings. The number of carbonyl (C=O) groups excluding carboxylic acids is 1. The van der Waals surface area contributed by atoms with Crippen molar-refractivity contribution >= 4 is 12.0 Å². The minimum Gasteiger partial charge on any atom is -0.497 e. The van der Waals surface area contributed by atoms with E-state index in [1.165, 1.54) is 7.11 Å². The molecule has 0 N–H and O–H groups in total. The van der Waals surface area contributed by atoms with Gasteiger partial charge >= 0.3 is 5.97 Å². The van der Waals surface area contributed by atoms with Gasteiger partial charge in [0.25, 0.3) is 0 Å². The molecule has 0 radical (unpaired) electrons. The van der Waals surface area contributed by atoms with Crippen molar-refractivity contribution < 1.29 is 19.0 Å². The zero-order valence-electron chi connectivity index (χ0n) is 12.5.